The summed E-state index contributed by atoms with van der Waals surface area (Å²) in [6.45, 7) is 4.31. The van der Waals surface area contributed by atoms with E-state index in [0.717, 1.165) is 17.9 Å². The molecule has 0 saturated carbocycles. The first kappa shape index (κ1) is 15.2. The Kier molecular flexibility index (Phi) is 5.29. The molecule has 106 valence electrons. The first-order chi connectivity index (χ1) is 9.65. The molecular formula is C17H20INO. The van der Waals surface area contributed by atoms with Gasteiger partial charge in [0.1, 0.15) is 5.75 Å². The summed E-state index contributed by atoms with van der Waals surface area (Å²) in [7, 11) is 1.72. The average Bonchev–Trinajstić information content (AvgIpc) is 2.48. The Morgan fingerprint density at radius 1 is 1.20 bits per heavy atom. The van der Waals surface area contributed by atoms with Crippen molar-refractivity contribution in [1.29, 1.82) is 0 Å². The number of hydrogen-bond acceptors (Lipinski definition) is 2. The Hall–Kier alpha value is -1.23. The number of methoxy groups -OCH3 is 1. The Labute approximate surface area is 134 Å². The normalized spacial score (nSPS) is 12.0. The predicted molar refractivity (Wildman–Crippen MR) is 93.5 cm³/mol. The summed E-state index contributed by atoms with van der Waals surface area (Å²) in [6.07, 6.45) is 1.00. The van der Waals surface area contributed by atoms with E-state index in [1.807, 2.05) is 12.1 Å². The summed E-state index contributed by atoms with van der Waals surface area (Å²) < 4.78 is 6.75. The fraction of sp³-hybridized carbons (Fsp3) is 0.294. The first-order valence-electron chi connectivity index (χ1n) is 6.81. The molecule has 20 heavy (non-hydrogen) atoms. The second kappa shape index (κ2) is 6.97. The molecule has 3 heteroatoms. The van der Waals surface area contributed by atoms with E-state index in [2.05, 4.69) is 72.1 Å². The molecule has 0 fully saturated rings. The number of ether oxygens (including phenoxy) is 1. The van der Waals surface area contributed by atoms with E-state index in [-0.39, 0.29) is 6.04 Å². The summed E-state index contributed by atoms with van der Waals surface area (Å²) in [4.78, 5) is 0. The Morgan fingerprint density at radius 3 is 2.60 bits per heavy atom. The minimum absolute atomic E-state index is 0.254. The highest BCUT2D eigenvalue weighted by Gasteiger charge is 2.14. The van der Waals surface area contributed by atoms with Gasteiger partial charge in [0, 0.05) is 14.8 Å². The lowest BCUT2D eigenvalue weighted by Crippen LogP contribution is -2.11. The zero-order chi connectivity index (χ0) is 14.5. The van der Waals surface area contributed by atoms with Crippen molar-refractivity contribution in [1.82, 2.24) is 0 Å². The highest BCUT2D eigenvalue weighted by Crippen LogP contribution is 2.30. The molecule has 0 spiro atoms. The molecule has 0 saturated heterocycles. The summed E-state index contributed by atoms with van der Waals surface area (Å²) in [5.74, 6) is 0.939. The quantitative estimate of drug-likeness (QED) is 0.722. The predicted octanol–water partition coefficient (Wildman–Crippen LogP) is 5.17. The van der Waals surface area contributed by atoms with Gasteiger partial charge in [-0.25, -0.2) is 0 Å². The monoisotopic (exact) mass is 381 g/mol. The third kappa shape index (κ3) is 3.45. The number of rotatable bonds is 5. The maximum atomic E-state index is 5.47. The van der Waals surface area contributed by atoms with Crippen LogP contribution in [0.4, 0.5) is 5.69 Å². The summed E-state index contributed by atoms with van der Waals surface area (Å²) in [5, 5.41) is 3.60. The van der Waals surface area contributed by atoms with Crippen LogP contribution in [0.15, 0.2) is 42.5 Å². The fourth-order valence-electron chi connectivity index (χ4n) is 2.24. The number of benzene rings is 2. The minimum atomic E-state index is 0.254. The van der Waals surface area contributed by atoms with Crippen LogP contribution in [0.2, 0.25) is 0 Å². The van der Waals surface area contributed by atoms with Crippen LogP contribution < -0.4 is 10.1 Å². The van der Waals surface area contributed by atoms with Crippen LogP contribution in [0.1, 0.15) is 30.5 Å². The zero-order valence-corrected chi connectivity index (χ0v) is 14.3. The van der Waals surface area contributed by atoms with Crippen molar-refractivity contribution >= 4 is 28.3 Å². The van der Waals surface area contributed by atoms with Crippen LogP contribution in [0.3, 0.4) is 0 Å². The van der Waals surface area contributed by atoms with E-state index in [1.54, 1.807) is 7.11 Å². The average molecular weight is 381 g/mol. The molecule has 2 aromatic carbocycles. The molecule has 1 unspecified atom stereocenters. The van der Waals surface area contributed by atoms with E-state index < -0.39 is 0 Å². The third-order valence-corrected chi connectivity index (χ3v) is 4.60. The van der Waals surface area contributed by atoms with Crippen LogP contribution in [0.5, 0.6) is 5.75 Å². The van der Waals surface area contributed by atoms with Gasteiger partial charge >= 0.3 is 0 Å². The van der Waals surface area contributed by atoms with Crippen LogP contribution in [-0.2, 0) is 0 Å². The molecule has 1 atom stereocenters. The van der Waals surface area contributed by atoms with Crippen molar-refractivity contribution in [2.45, 2.75) is 26.3 Å². The minimum Gasteiger partial charge on any atom is -0.496 e. The van der Waals surface area contributed by atoms with Crippen molar-refractivity contribution in [2.75, 3.05) is 12.4 Å². The summed E-state index contributed by atoms with van der Waals surface area (Å²) in [6, 6.07) is 14.9. The number of anilines is 1. The SMILES string of the molecule is CCC(Nc1ccc(C)c(I)c1)c1ccccc1OC. The van der Waals surface area contributed by atoms with E-state index in [4.69, 9.17) is 4.74 Å². The molecule has 2 rings (SSSR count). The molecule has 0 aromatic heterocycles. The zero-order valence-electron chi connectivity index (χ0n) is 12.1. The molecule has 0 aliphatic carbocycles. The molecule has 0 aliphatic heterocycles. The van der Waals surface area contributed by atoms with Crippen molar-refractivity contribution in [2.24, 2.45) is 0 Å². The lowest BCUT2D eigenvalue weighted by molar-refractivity contribution is 0.406. The first-order valence-corrected chi connectivity index (χ1v) is 7.89. The highest BCUT2D eigenvalue weighted by atomic mass is 127. The van der Waals surface area contributed by atoms with Crippen molar-refractivity contribution < 1.29 is 4.74 Å². The third-order valence-electron chi connectivity index (χ3n) is 3.44. The van der Waals surface area contributed by atoms with Crippen LogP contribution in [0.25, 0.3) is 0 Å². The second-order valence-electron chi connectivity index (χ2n) is 4.81. The molecular weight excluding hydrogens is 361 g/mol. The number of aryl methyl sites for hydroxylation is 1. The molecule has 0 amide bonds. The van der Waals surface area contributed by atoms with Gasteiger partial charge in [-0.05, 0) is 59.7 Å². The maximum absolute atomic E-state index is 5.47. The van der Waals surface area contributed by atoms with Gasteiger partial charge in [0.05, 0.1) is 13.2 Å². The molecule has 2 aromatic rings. The van der Waals surface area contributed by atoms with Gasteiger partial charge in [0.15, 0.2) is 0 Å². The molecule has 0 radical (unpaired) electrons. The summed E-state index contributed by atoms with van der Waals surface area (Å²) in [5.41, 5.74) is 3.66. The lowest BCUT2D eigenvalue weighted by atomic mass is 10.0. The van der Waals surface area contributed by atoms with Crippen molar-refractivity contribution in [3.63, 3.8) is 0 Å². The lowest BCUT2D eigenvalue weighted by Gasteiger charge is -2.21. The number of hydrogen-bond donors (Lipinski definition) is 1. The van der Waals surface area contributed by atoms with Crippen LogP contribution in [-0.4, -0.2) is 7.11 Å². The van der Waals surface area contributed by atoms with Gasteiger partial charge in [-0.1, -0.05) is 31.2 Å². The standard InChI is InChI=1S/C17H20INO/c1-4-16(14-7-5-6-8-17(14)20-3)19-13-10-9-12(2)15(18)11-13/h5-11,16,19H,4H2,1-3H3. The van der Waals surface area contributed by atoms with Crippen LogP contribution in [0, 0.1) is 10.5 Å². The van der Waals surface area contributed by atoms with E-state index >= 15 is 0 Å². The maximum Gasteiger partial charge on any atom is 0.124 e. The Balaban J connectivity index is 2.26. The van der Waals surface area contributed by atoms with E-state index in [1.165, 1.54) is 14.7 Å². The van der Waals surface area contributed by atoms with Gasteiger partial charge in [-0.3, -0.25) is 0 Å². The number of halogens is 1. The largest absolute Gasteiger partial charge is 0.496 e. The van der Waals surface area contributed by atoms with Gasteiger partial charge in [0.25, 0.3) is 0 Å². The van der Waals surface area contributed by atoms with E-state index in [0.29, 0.717) is 0 Å². The topological polar surface area (TPSA) is 21.3 Å². The van der Waals surface area contributed by atoms with Gasteiger partial charge in [-0.15, -0.1) is 0 Å². The second-order valence-corrected chi connectivity index (χ2v) is 5.97. The Bertz CT molecular complexity index is 583. The van der Waals surface area contributed by atoms with Crippen LogP contribution >= 0.6 is 22.6 Å². The highest BCUT2D eigenvalue weighted by molar-refractivity contribution is 14.1. The smallest absolute Gasteiger partial charge is 0.124 e. The van der Waals surface area contributed by atoms with E-state index in [9.17, 15) is 0 Å². The van der Waals surface area contributed by atoms with Gasteiger partial charge < -0.3 is 10.1 Å². The molecule has 1 N–H and O–H groups in total. The molecule has 2 nitrogen and oxygen atoms in total. The molecule has 0 heterocycles. The number of para-hydroxylation sites is 1. The van der Waals surface area contributed by atoms with Crippen molar-refractivity contribution in [3.8, 4) is 5.75 Å². The summed E-state index contributed by atoms with van der Waals surface area (Å²) >= 11 is 2.37. The Morgan fingerprint density at radius 2 is 1.95 bits per heavy atom. The fourth-order valence-corrected chi connectivity index (χ4v) is 2.75. The number of nitrogens with one attached hydrogen (secondary N) is 1. The van der Waals surface area contributed by atoms with Gasteiger partial charge in [0.2, 0.25) is 0 Å². The molecule has 0 bridgehead atoms. The van der Waals surface area contributed by atoms with Gasteiger partial charge in [-0.2, -0.15) is 0 Å². The van der Waals surface area contributed by atoms with Crippen molar-refractivity contribution in [3.05, 3.63) is 57.2 Å². The molecule has 0 aliphatic rings.